The summed E-state index contributed by atoms with van der Waals surface area (Å²) in [7, 11) is 3.84. The van der Waals surface area contributed by atoms with Crippen molar-refractivity contribution in [3.63, 3.8) is 0 Å². The Morgan fingerprint density at radius 1 is 1.31 bits per heavy atom. The predicted octanol–water partition coefficient (Wildman–Crippen LogP) is 3.93. The van der Waals surface area contributed by atoms with Crippen LogP contribution in [0.4, 0.5) is 4.79 Å². The van der Waals surface area contributed by atoms with Crippen LogP contribution in [-0.2, 0) is 16.0 Å². The van der Waals surface area contributed by atoms with Gasteiger partial charge in [-0.1, -0.05) is 6.08 Å². The van der Waals surface area contributed by atoms with E-state index in [0.29, 0.717) is 12.5 Å². The second-order valence-electron chi connectivity index (χ2n) is 8.93. The third kappa shape index (κ3) is 7.82. The molecule has 1 aromatic heterocycles. The van der Waals surface area contributed by atoms with Crippen molar-refractivity contribution in [2.45, 2.75) is 59.1 Å². The predicted molar refractivity (Wildman–Crippen MR) is 116 cm³/mol. The summed E-state index contributed by atoms with van der Waals surface area (Å²) in [5.74, 6) is 0.618. The summed E-state index contributed by atoms with van der Waals surface area (Å²) >= 11 is 0. The van der Waals surface area contributed by atoms with Crippen LogP contribution >= 0.6 is 0 Å². The van der Waals surface area contributed by atoms with Crippen molar-refractivity contribution < 1.29 is 14.3 Å². The number of rotatable bonds is 9. The molecular formula is C22H38N4O3. The maximum atomic E-state index is 12.1. The SMILES string of the molecule is CCOCC1CC=C(c2n[nH]cc2CN(C)CCN(C)C(=O)OC(C)(C)C)CC1. The largest absolute Gasteiger partial charge is 0.444 e. The van der Waals surface area contributed by atoms with Gasteiger partial charge < -0.3 is 19.3 Å². The van der Waals surface area contributed by atoms with Gasteiger partial charge in [0.25, 0.3) is 0 Å². The molecule has 2 rings (SSSR count). The minimum Gasteiger partial charge on any atom is -0.444 e. The lowest BCUT2D eigenvalue weighted by Crippen LogP contribution is -2.38. The lowest BCUT2D eigenvalue weighted by Gasteiger charge is -2.26. The Bertz CT molecular complexity index is 678. The number of hydrogen-bond acceptors (Lipinski definition) is 5. The topological polar surface area (TPSA) is 70.7 Å². The average Bonchev–Trinajstić information content (AvgIpc) is 3.11. The summed E-state index contributed by atoms with van der Waals surface area (Å²) in [6.07, 6.45) is 7.26. The number of nitrogens with zero attached hydrogens (tertiary/aromatic N) is 3. The van der Waals surface area contributed by atoms with Crippen LogP contribution in [0.3, 0.4) is 0 Å². The molecule has 1 aromatic rings. The van der Waals surface area contributed by atoms with Crippen LogP contribution in [0.25, 0.3) is 5.57 Å². The molecule has 1 aliphatic rings. The van der Waals surface area contributed by atoms with Gasteiger partial charge in [0.05, 0.1) is 5.69 Å². The Labute approximate surface area is 175 Å². The highest BCUT2D eigenvalue weighted by molar-refractivity contribution is 5.67. The second kappa shape index (κ2) is 10.8. The van der Waals surface area contributed by atoms with Crippen molar-refractivity contribution in [2.75, 3.05) is 40.4 Å². The Hall–Kier alpha value is -1.86. The maximum absolute atomic E-state index is 12.1. The van der Waals surface area contributed by atoms with E-state index in [2.05, 4.69) is 28.2 Å². The fourth-order valence-corrected chi connectivity index (χ4v) is 3.37. The van der Waals surface area contributed by atoms with Crippen LogP contribution in [0, 0.1) is 5.92 Å². The molecule has 7 heteroatoms. The first-order valence-electron chi connectivity index (χ1n) is 10.6. The highest BCUT2D eigenvalue weighted by atomic mass is 16.6. The smallest absolute Gasteiger partial charge is 0.410 e. The average molecular weight is 407 g/mol. The zero-order valence-corrected chi connectivity index (χ0v) is 19.0. The van der Waals surface area contributed by atoms with Crippen LogP contribution < -0.4 is 0 Å². The Morgan fingerprint density at radius 2 is 2.07 bits per heavy atom. The van der Waals surface area contributed by atoms with Crippen molar-refractivity contribution >= 4 is 11.7 Å². The van der Waals surface area contributed by atoms with Crippen LogP contribution in [0.2, 0.25) is 0 Å². The van der Waals surface area contributed by atoms with Crippen molar-refractivity contribution in [3.05, 3.63) is 23.5 Å². The fourth-order valence-electron chi connectivity index (χ4n) is 3.37. The molecule has 0 saturated heterocycles. The third-order valence-corrected chi connectivity index (χ3v) is 5.06. The molecule has 0 bridgehead atoms. The fraction of sp³-hybridized carbons (Fsp3) is 0.727. The Morgan fingerprint density at radius 3 is 2.69 bits per heavy atom. The van der Waals surface area contributed by atoms with Crippen molar-refractivity contribution in [1.82, 2.24) is 20.0 Å². The molecule has 0 radical (unpaired) electrons. The number of likely N-dealkylation sites (N-methyl/N-ethyl adjacent to an activating group) is 2. The number of carbonyl (C=O) groups excluding carboxylic acids is 1. The van der Waals surface area contributed by atoms with Gasteiger partial charge in [-0.3, -0.25) is 5.10 Å². The van der Waals surface area contributed by atoms with E-state index < -0.39 is 5.60 Å². The van der Waals surface area contributed by atoms with Gasteiger partial charge in [-0.15, -0.1) is 0 Å². The van der Waals surface area contributed by atoms with E-state index in [-0.39, 0.29) is 6.09 Å². The molecule has 7 nitrogen and oxygen atoms in total. The van der Waals surface area contributed by atoms with Crippen LogP contribution in [-0.4, -0.2) is 72.1 Å². The quantitative estimate of drug-likeness (QED) is 0.673. The lowest BCUT2D eigenvalue weighted by atomic mass is 9.88. The van der Waals surface area contributed by atoms with Crippen LogP contribution in [0.5, 0.6) is 0 Å². The Kier molecular flexibility index (Phi) is 8.71. The summed E-state index contributed by atoms with van der Waals surface area (Å²) in [6.45, 7) is 11.5. The Balaban J connectivity index is 1.85. The zero-order valence-electron chi connectivity index (χ0n) is 19.0. The van der Waals surface area contributed by atoms with Crippen LogP contribution in [0.1, 0.15) is 58.2 Å². The molecule has 164 valence electrons. The molecule has 0 fully saturated rings. The number of allylic oxidation sites excluding steroid dienone is 2. The number of H-pyrrole nitrogens is 1. The maximum Gasteiger partial charge on any atom is 0.410 e. The molecule has 0 aliphatic heterocycles. The normalized spacial score (nSPS) is 17.3. The van der Waals surface area contributed by atoms with Gasteiger partial charge in [-0.25, -0.2) is 4.79 Å². The number of aromatic nitrogens is 2. The monoisotopic (exact) mass is 406 g/mol. The minimum atomic E-state index is -0.474. The second-order valence-corrected chi connectivity index (χ2v) is 8.93. The van der Waals surface area contributed by atoms with E-state index in [1.807, 2.05) is 33.9 Å². The lowest BCUT2D eigenvalue weighted by molar-refractivity contribution is 0.0286. The minimum absolute atomic E-state index is 0.288. The number of amides is 1. The highest BCUT2D eigenvalue weighted by Crippen LogP contribution is 2.31. The van der Waals surface area contributed by atoms with E-state index in [9.17, 15) is 4.79 Å². The number of carbonyl (C=O) groups is 1. The summed E-state index contributed by atoms with van der Waals surface area (Å²) < 4.78 is 11.0. The standard InChI is InChI=1S/C22H38N4O3/c1-7-28-16-17-8-10-18(11-9-17)20-19(14-23-24-20)15-25(5)12-13-26(6)21(27)29-22(2,3)4/h10,14,17H,7-9,11-13,15-16H2,1-6H3,(H,23,24). The summed E-state index contributed by atoms with van der Waals surface area (Å²) in [5, 5.41) is 7.54. The number of nitrogens with one attached hydrogen (secondary N) is 1. The van der Waals surface area contributed by atoms with E-state index in [0.717, 1.165) is 51.3 Å². The molecule has 1 unspecified atom stereocenters. The summed E-state index contributed by atoms with van der Waals surface area (Å²) in [5.41, 5.74) is 3.13. The van der Waals surface area contributed by atoms with Crippen molar-refractivity contribution in [1.29, 1.82) is 0 Å². The first-order chi connectivity index (χ1) is 13.7. The van der Waals surface area contributed by atoms with E-state index in [1.54, 1.807) is 11.9 Å². The molecule has 1 aliphatic carbocycles. The molecule has 0 saturated carbocycles. The van der Waals surface area contributed by atoms with Gasteiger partial charge in [0.2, 0.25) is 0 Å². The van der Waals surface area contributed by atoms with E-state index >= 15 is 0 Å². The first kappa shape index (κ1) is 23.4. The third-order valence-electron chi connectivity index (χ3n) is 5.06. The van der Waals surface area contributed by atoms with Crippen molar-refractivity contribution in [3.8, 4) is 0 Å². The highest BCUT2D eigenvalue weighted by Gasteiger charge is 2.21. The van der Waals surface area contributed by atoms with Gasteiger partial charge in [-0.05, 0) is 65.5 Å². The molecule has 1 heterocycles. The van der Waals surface area contributed by atoms with E-state index in [4.69, 9.17) is 9.47 Å². The summed E-state index contributed by atoms with van der Waals surface area (Å²) in [6, 6.07) is 0. The molecule has 1 atom stereocenters. The van der Waals surface area contributed by atoms with Gasteiger partial charge in [0.1, 0.15) is 5.60 Å². The van der Waals surface area contributed by atoms with E-state index in [1.165, 1.54) is 11.1 Å². The summed E-state index contributed by atoms with van der Waals surface area (Å²) in [4.78, 5) is 15.9. The van der Waals surface area contributed by atoms with Gasteiger partial charge in [0, 0.05) is 51.7 Å². The zero-order chi connectivity index (χ0) is 21.4. The molecule has 29 heavy (non-hydrogen) atoms. The molecule has 1 N–H and O–H groups in total. The first-order valence-corrected chi connectivity index (χ1v) is 10.6. The number of hydrogen-bond donors (Lipinski definition) is 1. The number of ether oxygens (including phenoxy) is 2. The van der Waals surface area contributed by atoms with Gasteiger partial charge in [0.15, 0.2) is 0 Å². The van der Waals surface area contributed by atoms with Crippen molar-refractivity contribution in [2.24, 2.45) is 5.92 Å². The van der Waals surface area contributed by atoms with Gasteiger partial charge >= 0.3 is 6.09 Å². The molecule has 1 amide bonds. The molecule has 0 aromatic carbocycles. The number of aromatic amines is 1. The molecule has 0 spiro atoms. The van der Waals surface area contributed by atoms with Crippen LogP contribution in [0.15, 0.2) is 12.3 Å². The molecular weight excluding hydrogens is 368 g/mol. The van der Waals surface area contributed by atoms with Gasteiger partial charge in [-0.2, -0.15) is 5.10 Å².